The second kappa shape index (κ2) is 8.13. The van der Waals surface area contributed by atoms with E-state index in [1.54, 1.807) is 0 Å². The molecule has 0 amide bonds. The summed E-state index contributed by atoms with van der Waals surface area (Å²) in [6, 6.07) is 8.18. The summed E-state index contributed by atoms with van der Waals surface area (Å²) >= 11 is 0. The third-order valence-corrected chi connectivity index (χ3v) is 2.52. The Kier molecular flexibility index (Phi) is 6.61. The van der Waals surface area contributed by atoms with Gasteiger partial charge in [0.05, 0.1) is 0 Å². The summed E-state index contributed by atoms with van der Waals surface area (Å²) in [5.74, 6) is 0. The number of benzene rings is 1. The average Bonchev–Trinajstić information content (AvgIpc) is 2.33. The van der Waals surface area contributed by atoms with Crippen molar-refractivity contribution in [3.63, 3.8) is 0 Å². The van der Waals surface area contributed by atoms with Gasteiger partial charge < -0.3 is 15.5 Å². The molecule has 0 aliphatic carbocycles. The lowest BCUT2D eigenvalue weighted by atomic mass is 10.1. The lowest BCUT2D eigenvalue weighted by Crippen LogP contribution is -2.05. The minimum Gasteiger partial charge on any atom is -0.396 e. The molecular formula is C13H21NO2. The van der Waals surface area contributed by atoms with Crippen LogP contribution in [-0.2, 0) is 6.42 Å². The quantitative estimate of drug-likeness (QED) is 0.589. The second-order valence-corrected chi connectivity index (χ2v) is 3.84. The van der Waals surface area contributed by atoms with Crippen LogP contribution in [0.4, 0.5) is 5.69 Å². The SMILES string of the molecule is OCCCCNc1ccccc1CCCO. The minimum atomic E-state index is 0.235. The third-order valence-electron chi connectivity index (χ3n) is 2.52. The lowest BCUT2D eigenvalue weighted by molar-refractivity contribution is 0.286. The van der Waals surface area contributed by atoms with Crippen LogP contribution >= 0.6 is 0 Å². The molecular weight excluding hydrogens is 202 g/mol. The summed E-state index contributed by atoms with van der Waals surface area (Å²) in [4.78, 5) is 0. The molecule has 0 spiro atoms. The van der Waals surface area contributed by atoms with Gasteiger partial charge in [0.2, 0.25) is 0 Å². The normalized spacial score (nSPS) is 10.4. The van der Waals surface area contributed by atoms with Crippen LogP contribution in [0, 0.1) is 0 Å². The Labute approximate surface area is 97.1 Å². The Balaban J connectivity index is 2.43. The molecule has 3 N–H and O–H groups in total. The van der Waals surface area contributed by atoms with Gasteiger partial charge in [0, 0.05) is 25.4 Å². The zero-order valence-corrected chi connectivity index (χ0v) is 9.65. The van der Waals surface area contributed by atoms with Gasteiger partial charge in [-0.3, -0.25) is 0 Å². The number of anilines is 1. The van der Waals surface area contributed by atoms with Crippen molar-refractivity contribution in [2.45, 2.75) is 25.7 Å². The second-order valence-electron chi connectivity index (χ2n) is 3.84. The molecule has 3 nitrogen and oxygen atoms in total. The van der Waals surface area contributed by atoms with E-state index in [2.05, 4.69) is 17.4 Å². The number of nitrogens with one attached hydrogen (secondary N) is 1. The van der Waals surface area contributed by atoms with Crippen molar-refractivity contribution >= 4 is 5.69 Å². The van der Waals surface area contributed by atoms with Crippen LogP contribution in [0.2, 0.25) is 0 Å². The van der Waals surface area contributed by atoms with Gasteiger partial charge in [0.1, 0.15) is 0 Å². The number of aliphatic hydroxyl groups excluding tert-OH is 2. The Bertz CT molecular complexity index is 289. The molecule has 0 saturated carbocycles. The predicted molar refractivity (Wildman–Crippen MR) is 66.7 cm³/mol. The van der Waals surface area contributed by atoms with E-state index in [0.29, 0.717) is 0 Å². The molecule has 0 radical (unpaired) electrons. The molecule has 0 heterocycles. The molecule has 1 aromatic rings. The molecule has 0 bridgehead atoms. The minimum absolute atomic E-state index is 0.235. The summed E-state index contributed by atoms with van der Waals surface area (Å²) in [5, 5.41) is 20.9. The summed E-state index contributed by atoms with van der Waals surface area (Å²) < 4.78 is 0. The van der Waals surface area contributed by atoms with Crippen molar-refractivity contribution in [3.8, 4) is 0 Å². The fraction of sp³-hybridized carbons (Fsp3) is 0.538. The van der Waals surface area contributed by atoms with E-state index in [1.807, 2.05) is 12.1 Å². The van der Waals surface area contributed by atoms with Crippen LogP contribution in [0.5, 0.6) is 0 Å². The highest BCUT2D eigenvalue weighted by molar-refractivity contribution is 5.51. The summed E-state index contributed by atoms with van der Waals surface area (Å²) in [7, 11) is 0. The molecule has 3 heteroatoms. The standard InChI is InChI=1S/C13H21NO2/c15-10-4-3-9-14-13-8-2-1-6-12(13)7-5-11-16/h1-2,6,8,14-16H,3-5,7,9-11H2. The number of unbranched alkanes of at least 4 members (excludes halogenated alkanes) is 1. The molecule has 0 fully saturated rings. The number of rotatable bonds is 8. The van der Waals surface area contributed by atoms with Gasteiger partial charge >= 0.3 is 0 Å². The van der Waals surface area contributed by atoms with Gasteiger partial charge in [-0.25, -0.2) is 0 Å². The van der Waals surface area contributed by atoms with Crippen LogP contribution in [-0.4, -0.2) is 30.0 Å². The molecule has 0 aliphatic heterocycles. The fourth-order valence-electron chi connectivity index (χ4n) is 1.64. The third kappa shape index (κ3) is 4.64. The fourth-order valence-corrected chi connectivity index (χ4v) is 1.64. The van der Waals surface area contributed by atoms with E-state index >= 15 is 0 Å². The summed E-state index contributed by atoms with van der Waals surface area (Å²) in [5.41, 5.74) is 2.40. The van der Waals surface area contributed by atoms with Crippen molar-refractivity contribution < 1.29 is 10.2 Å². The first-order valence-electron chi connectivity index (χ1n) is 5.92. The summed E-state index contributed by atoms with van der Waals surface area (Å²) in [6.45, 7) is 1.38. The van der Waals surface area contributed by atoms with E-state index in [4.69, 9.17) is 10.2 Å². The highest BCUT2D eigenvalue weighted by Gasteiger charge is 2.00. The highest BCUT2D eigenvalue weighted by Crippen LogP contribution is 2.16. The molecule has 1 rings (SSSR count). The first kappa shape index (κ1) is 13.0. The van der Waals surface area contributed by atoms with Gasteiger partial charge in [-0.15, -0.1) is 0 Å². The lowest BCUT2D eigenvalue weighted by Gasteiger charge is -2.11. The zero-order chi connectivity index (χ0) is 11.6. The topological polar surface area (TPSA) is 52.5 Å². The Morgan fingerprint density at radius 3 is 2.44 bits per heavy atom. The van der Waals surface area contributed by atoms with Gasteiger partial charge in [0.25, 0.3) is 0 Å². The Morgan fingerprint density at radius 1 is 0.938 bits per heavy atom. The Morgan fingerprint density at radius 2 is 1.69 bits per heavy atom. The Hall–Kier alpha value is -1.06. The predicted octanol–water partition coefficient (Wildman–Crippen LogP) is 1.80. The monoisotopic (exact) mass is 223 g/mol. The van der Waals surface area contributed by atoms with Crippen LogP contribution in [0.15, 0.2) is 24.3 Å². The van der Waals surface area contributed by atoms with Gasteiger partial charge in [-0.2, -0.15) is 0 Å². The maximum Gasteiger partial charge on any atom is 0.0434 e. The molecule has 90 valence electrons. The number of para-hydroxylation sites is 1. The van der Waals surface area contributed by atoms with Gasteiger partial charge in [0.15, 0.2) is 0 Å². The maximum absolute atomic E-state index is 8.82. The molecule has 0 aromatic heterocycles. The molecule has 0 unspecified atom stereocenters. The van der Waals surface area contributed by atoms with Crippen LogP contribution in [0.1, 0.15) is 24.8 Å². The molecule has 0 atom stereocenters. The number of hydrogen-bond acceptors (Lipinski definition) is 3. The van der Waals surface area contributed by atoms with Crippen LogP contribution in [0.25, 0.3) is 0 Å². The first-order chi connectivity index (χ1) is 7.88. The highest BCUT2D eigenvalue weighted by atomic mass is 16.3. The summed E-state index contributed by atoms with van der Waals surface area (Å²) in [6.07, 6.45) is 3.52. The van der Waals surface area contributed by atoms with Gasteiger partial charge in [-0.1, -0.05) is 18.2 Å². The molecule has 1 aromatic carbocycles. The van der Waals surface area contributed by atoms with E-state index in [-0.39, 0.29) is 13.2 Å². The molecule has 0 saturated heterocycles. The van der Waals surface area contributed by atoms with E-state index in [0.717, 1.165) is 37.9 Å². The molecule has 0 aliphatic rings. The number of hydrogen-bond donors (Lipinski definition) is 3. The number of aryl methyl sites for hydroxylation is 1. The largest absolute Gasteiger partial charge is 0.396 e. The van der Waals surface area contributed by atoms with Gasteiger partial charge in [-0.05, 0) is 37.3 Å². The molecule has 16 heavy (non-hydrogen) atoms. The van der Waals surface area contributed by atoms with E-state index in [9.17, 15) is 0 Å². The van der Waals surface area contributed by atoms with Crippen molar-refractivity contribution in [1.29, 1.82) is 0 Å². The van der Waals surface area contributed by atoms with Crippen molar-refractivity contribution in [1.82, 2.24) is 0 Å². The van der Waals surface area contributed by atoms with E-state index < -0.39 is 0 Å². The first-order valence-corrected chi connectivity index (χ1v) is 5.92. The number of aliphatic hydroxyl groups is 2. The van der Waals surface area contributed by atoms with Crippen LogP contribution in [0.3, 0.4) is 0 Å². The van der Waals surface area contributed by atoms with Crippen molar-refractivity contribution in [2.24, 2.45) is 0 Å². The van der Waals surface area contributed by atoms with Crippen LogP contribution < -0.4 is 5.32 Å². The van der Waals surface area contributed by atoms with Crippen molar-refractivity contribution in [3.05, 3.63) is 29.8 Å². The smallest absolute Gasteiger partial charge is 0.0434 e. The van der Waals surface area contributed by atoms with Crippen molar-refractivity contribution in [2.75, 3.05) is 25.1 Å². The van der Waals surface area contributed by atoms with E-state index in [1.165, 1.54) is 5.56 Å². The zero-order valence-electron chi connectivity index (χ0n) is 9.65. The maximum atomic E-state index is 8.82. The average molecular weight is 223 g/mol.